The van der Waals surface area contributed by atoms with E-state index in [4.69, 9.17) is 0 Å². The van der Waals surface area contributed by atoms with E-state index in [1.165, 1.54) is 16.8 Å². The minimum absolute atomic E-state index is 0.000530. The third-order valence-corrected chi connectivity index (χ3v) is 7.20. The molecule has 3 aliphatic rings. The number of fused-ring (bicyclic) bond motifs is 4. The second kappa shape index (κ2) is 7.65. The van der Waals surface area contributed by atoms with Gasteiger partial charge < -0.3 is 19.9 Å². The summed E-state index contributed by atoms with van der Waals surface area (Å²) in [6.45, 7) is 3.62. The molecule has 0 radical (unpaired) electrons. The van der Waals surface area contributed by atoms with Crippen LogP contribution in [0.1, 0.15) is 52.6 Å². The molecule has 8 nitrogen and oxygen atoms in total. The number of aromatic nitrogens is 1. The van der Waals surface area contributed by atoms with Crippen LogP contribution in [0, 0.1) is 11.6 Å². The lowest BCUT2D eigenvalue weighted by molar-refractivity contribution is -0.0554. The molecule has 5 rings (SSSR count). The quantitative estimate of drug-likeness (QED) is 0.732. The maximum atomic E-state index is 13.9. The fourth-order valence-electron chi connectivity index (χ4n) is 5.36. The van der Waals surface area contributed by atoms with Gasteiger partial charge in [-0.3, -0.25) is 19.3 Å². The molecule has 1 aromatic heterocycles. The van der Waals surface area contributed by atoms with Crippen molar-refractivity contribution in [1.82, 2.24) is 19.7 Å². The van der Waals surface area contributed by atoms with Crippen LogP contribution in [0.3, 0.4) is 0 Å². The number of pyridine rings is 1. The molecule has 0 unspecified atom stereocenters. The third kappa shape index (κ3) is 3.40. The van der Waals surface area contributed by atoms with E-state index in [9.17, 15) is 28.3 Å². The summed E-state index contributed by atoms with van der Waals surface area (Å²) >= 11 is 0. The molecule has 33 heavy (non-hydrogen) atoms. The molecule has 2 atom stereocenters. The van der Waals surface area contributed by atoms with E-state index >= 15 is 0 Å². The number of rotatable bonds is 3. The Hall–Kier alpha value is -3.27. The molecule has 0 bridgehead atoms. The molecule has 1 aromatic carbocycles. The Morgan fingerprint density at radius 3 is 2.79 bits per heavy atom. The highest BCUT2D eigenvalue weighted by molar-refractivity contribution is 5.99. The summed E-state index contributed by atoms with van der Waals surface area (Å²) in [5, 5.41) is 13.0. The van der Waals surface area contributed by atoms with Gasteiger partial charge in [-0.25, -0.2) is 8.78 Å². The molecule has 2 amide bonds. The number of halogens is 2. The largest absolute Gasteiger partial charge is 0.503 e. The molecule has 2 N–H and O–H groups in total. The fourth-order valence-corrected chi connectivity index (χ4v) is 5.36. The lowest BCUT2D eigenvalue weighted by Gasteiger charge is -2.53. The van der Waals surface area contributed by atoms with Gasteiger partial charge in [0.15, 0.2) is 11.4 Å². The maximum absolute atomic E-state index is 13.9. The van der Waals surface area contributed by atoms with E-state index in [-0.39, 0.29) is 35.1 Å². The summed E-state index contributed by atoms with van der Waals surface area (Å²) in [6, 6.07) is 2.97. The number of nitrogens with zero attached hydrogens (tertiary/aromatic N) is 3. The maximum Gasteiger partial charge on any atom is 0.275 e. The summed E-state index contributed by atoms with van der Waals surface area (Å²) in [5.74, 6) is -3.59. The van der Waals surface area contributed by atoms with Gasteiger partial charge in [0.2, 0.25) is 5.43 Å². The molecule has 2 fully saturated rings. The van der Waals surface area contributed by atoms with Crippen molar-refractivity contribution in [3.63, 3.8) is 0 Å². The Bertz CT molecular complexity index is 1230. The van der Waals surface area contributed by atoms with Crippen molar-refractivity contribution >= 4 is 11.8 Å². The predicted octanol–water partition coefficient (Wildman–Crippen LogP) is 1.80. The van der Waals surface area contributed by atoms with Crippen molar-refractivity contribution in [2.75, 3.05) is 13.1 Å². The second-order valence-electron chi connectivity index (χ2n) is 9.16. The first-order chi connectivity index (χ1) is 15.7. The van der Waals surface area contributed by atoms with Gasteiger partial charge in [0.25, 0.3) is 11.8 Å². The first kappa shape index (κ1) is 21.6. The number of hydrogen-bond donors (Lipinski definition) is 2. The van der Waals surface area contributed by atoms with Gasteiger partial charge in [-0.15, -0.1) is 0 Å². The fraction of sp³-hybridized carbons (Fsp3) is 0.435. The lowest BCUT2D eigenvalue weighted by Crippen LogP contribution is -2.65. The minimum Gasteiger partial charge on any atom is -0.503 e. The molecular formula is C23H24F2N4O4. The zero-order valence-corrected chi connectivity index (χ0v) is 18.1. The van der Waals surface area contributed by atoms with Gasteiger partial charge in [-0.1, -0.05) is 6.07 Å². The van der Waals surface area contributed by atoms with Crippen LogP contribution < -0.4 is 10.7 Å². The molecule has 0 saturated carbocycles. The van der Waals surface area contributed by atoms with E-state index in [0.29, 0.717) is 19.2 Å². The predicted molar refractivity (Wildman–Crippen MR) is 114 cm³/mol. The van der Waals surface area contributed by atoms with Crippen molar-refractivity contribution < 1.29 is 23.5 Å². The van der Waals surface area contributed by atoms with E-state index in [1.54, 1.807) is 4.90 Å². The highest BCUT2D eigenvalue weighted by Crippen LogP contribution is 2.41. The van der Waals surface area contributed by atoms with Crippen LogP contribution >= 0.6 is 0 Å². The van der Waals surface area contributed by atoms with Crippen LogP contribution in [0.5, 0.6) is 5.75 Å². The zero-order valence-electron chi connectivity index (χ0n) is 18.1. The number of aromatic hydroxyl groups is 1. The Balaban J connectivity index is 1.45. The van der Waals surface area contributed by atoms with Crippen LogP contribution in [0.4, 0.5) is 8.78 Å². The summed E-state index contributed by atoms with van der Waals surface area (Å²) in [6.07, 6.45) is 3.95. The SMILES string of the molecule is C[C@@]12CCCN1[C@@H]1Cn3cc(C(=O)NCc4ccc(F)cc4F)c(=O)c(O)c3C(=O)N1CC2. The first-order valence-corrected chi connectivity index (χ1v) is 11.0. The lowest BCUT2D eigenvalue weighted by atomic mass is 9.90. The Labute approximate surface area is 188 Å². The Morgan fingerprint density at radius 2 is 2.03 bits per heavy atom. The smallest absolute Gasteiger partial charge is 0.275 e. The van der Waals surface area contributed by atoms with Crippen molar-refractivity contribution in [2.24, 2.45) is 0 Å². The molecule has 0 spiro atoms. The van der Waals surface area contributed by atoms with E-state index in [2.05, 4.69) is 17.1 Å². The van der Waals surface area contributed by atoms with Crippen LogP contribution in [0.25, 0.3) is 0 Å². The van der Waals surface area contributed by atoms with Crippen molar-refractivity contribution in [1.29, 1.82) is 0 Å². The average molecular weight is 458 g/mol. The zero-order chi connectivity index (χ0) is 23.5. The number of nitrogens with one attached hydrogen (secondary N) is 1. The number of carbonyl (C=O) groups excluding carboxylic acids is 2. The molecule has 174 valence electrons. The minimum atomic E-state index is -0.965. The first-order valence-electron chi connectivity index (χ1n) is 11.0. The standard InChI is InChI=1S/C23H24F2N4O4/c1-23-5-2-7-29(23)17-12-27-11-15(19(30)20(31)18(27)22(33)28(17)8-6-23)21(32)26-10-13-3-4-14(24)9-16(13)25/h3-4,9,11,17,31H,2,5-8,10,12H2,1H3,(H,26,32)/t17-,23+/m1/s1. The van der Waals surface area contributed by atoms with Gasteiger partial charge in [0.05, 0.1) is 6.54 Å². The van der Waals surface area contributed by atoms with Gasteiger partial charge in [0, 0.05) is 43.0 Å². The number of hydrogen-bond acceptors (Lipinski definition) is 5. The number of carbonyl (C=O) groups is 2. The van der Waals surface area contributed by atoms with Gasteiger partial charge in [0.1, 0.15) is 23.4 Å². The van der Waals surface area contributed by atoms with Crippen LogP contribution in [-0.2, 0) is 13.1 Å². The van der Waals surface area contributed by atoms with Gasteiger partial charge in [-0.05, 0) is 32.3 Å². The summed E-state index contributed by atoms with van der Waals surface area (Å²) in [7, 11) is 0. The number of benzene rings is 1. The Morgan fingerprint density at radius 1 is 1.24 bits per heavy atom. The molecular weight excluding hydrogens is 434 g/mol. The van der Waals surface area contributed by atoms with Crippen molar-refractivity contribution in [3.8, 4) is 5.75 Å². The summed E-state index contributed by atoms with van der Waals surface area (Å²) < 4.78 is 28.4. The van der Waals surface area contributed by atoms with Crippen molar-refractivity contribution in [2.45, 2.75) is 51.0 Å². The average Bonchev–Trinajstić information content (AvgIpc) is 3.17. The molecule has 2 aromatic rings. The van der Waals surface area contributed by atoms with Crippen molar-refractivity contribution in [3.05, 3.63) is 63.1 Å². The van der Waals surface area contributed by atoms with E-state index in [1.807, 2.05) is 0 Å². The van der Waals surface area contributed by atoms with E-state index < -0.39 is 34.6 Å². The third-order valence-electron chi connectivity index (χ3n) is 7.20. The topological polar surface area (TPSA) is 94.9 Å². The normalized spacial score (nSPS) is 24.3. The summed E-state index contributed by atoms with van der Waals surface area (Å²) in [5.41, 5.74) is -1.39. The van der Waals surface area contributed by atoms with Crippen LogP contribution in [0.15, 0.2) is 29.2 Å². The highest BCUT2D eigenvalue weighted by atomic mass is 19.1. The molecule has 2 saturated heterocycles. The van der Waals surface area contributed by atoms with Crippen LogP contribution in [-0.4, -0.2) is 56.1 Å². The summed E-state index contributed by atoms with van der Waals surface area (Å²) in [4.78, 5) is 42.6. The molecule has 0 aliphatic carbocycles. The second-order valence-corrected chi connectivity index (χ2v) is 9.16. The molecule has 4 heterocycles. The molecule has 3 aliphatic heterocycles. The highest BCUT2D eigenvalue weighted by Gasteiger charge is 2.50. The Kier molecular flexibility index (Phi) is 5.00. The van der Waals surface area contributed by atoms with Gasteiger partial charge in [-0.2, -0.15) is 0 Å². The van der Waals surface area contributed by atoms with Gasteiger partial charge >= 0.3 is 0 Å². The monoisotopic (exact) mass is 458 g/mol. The number of amides is 2. The molecule has 10 heteroatoms. The van der Waals surface area contributed by atoms with E-state index in [0.717, 1.165) is 31.9 Å². The van der Waals surface area contributed by atoms with Crippen LogP contribution in [0.2, 0.25) is 0 Å².